The fraction of sp³-hybridized carbons (Fsp3) is 0.462. The Bertz CT molecular complexity index is 406. The van der Waals surface area contributed by atoms with E-state index >= 15 is 0 Å². The summed E-state index contributed by atoms with van der Waals surface area (Å²) in [7, 11) is 0. The van der Waals surface area contributed by atoms with Crippen LogP contribution < -0.4 is 5.73 Å². The third kappa shape index (κ3) is 2.50. The molecule has 0 saturated heterocycles. The van der Waals surface area contributed by atoms with Crippen LogP contribution in [0.1, 0.15) is 37.5 Å². The first kappa shape index (κ1) is 11.6. The molecule has 0 aliphatic rings. The highest BCUT2D eigenvalue weighted by Gasteiger charge is 2.18. The molecule has 0 aliphatic carbocycles. The van der Waals surface area contributed by atoms with Crippen molar-refractivity contribution >= 4 is 5.69 Å². The predicted octanol–water partition coefficient (Wildman–Crippen LogP) is 2.94. The van der Waals surface area contributed by atoms with Crippen LogP contribution in [0.25, 0.3) is 0 Å². The van der Waals surface area contributed by atoms with Crippen LogP contribution in [0.3, 0.4) is 0 Å². The molecule has 1 aromatic rings. The fourth-order valence-corrected chi connectivity index (χ4v) is 1.71. The topological polar surface area (TPSA) is 49.8 Å². The normalized spacial score (nSPS) is 11.1. The third-order valence-corrected chi connectivity index (χ3v) is 2.57. The first-order valence-corrected chi connectivity index (χ1v) is 5.12. The monoisotopic (exact) mass is 202 g/mol. The van der Waals surface area contributed by atoms with E-state index < -0.39 is 0 Å². The van der Waals surface area contributed by atoms with E-state index in [9.17, 15) is 0 Å². The van der Waals surface area contributed by atoms with Gasteiger partial charge in [0.2, 0.25) is 0 Å². The zero-order valence-corrected chi connectivity index (χ0v) is 9.89. The minimum Gasteiger partial charge on any atom is -0.399 e. The largest absolute Gasteiger partial charge is 0.399 e. The molecule has 0 bridgehead atoms. The average molecular weight is 202 g/mol. The Labute approximate surface area is 91.7 Å². The lowest BCUT2D eigenvalue weighted by Gasteiger charge is -2.23. The van der Waals surface area contributed by atoms with Gasteiger partial charge in [-0.2, -0.15) is 5.26 Å². The number of rotatable bonds is 1. The third-order valence-electron chi connectivity index (χ3n) is 2.57. The highest BCUT2D eigenvalue weighted by atomic mass is 14.6. The minimum absolute atomic E-state index is 0.0357. The molecule has 0 unspecified atom stereocenters. The first-order chi connectivity index (χ1) is 6.86. The molecule has 0 heterocycles. The van der Waals surface area contributed by atoms with Crippen LogP contribution in [-0.2, 0) is 11.8 Å². The summed E-state index contributed by atoms with van der Waals surface area (Å²) in [5.41, 5.74) is 10.1. The molecule has 0 radical (unpaired) electrons. The summed E-state index contributed by atoms with van der Waals surface area (Å²) in [4.78, 5) is 0. The van der Waals surface area contributed by atoms with Crippen molar-refractivity contribution in [2.24, 2.45) is 0 Å². The molecule has 0 fully saturated rings. The van der Waals surface area contributed by atoms with Crippen molar-refractivity contribution in [1.82, 2.24) is 0 Å². The smallest absolute Gasteiger partial charge is 0.0669 e. The van der Waals surface area contributed by atoms with Crippen LogP contribution in [0.15, 0.2) is 12.1 Å². The number of nitrogens with two attached hydrogens (primary N) is 1. The van der Waals surface area contributed by atoms with E-state index in [4.69, 9.17) is 11.0 Å². The molecule has 0 aromatic heterocycles. The van der Waals surface area contributed by atoms with Gasteiger partial charge in [-0.3, -0.25) is 0 Å². The molecule has 0 amide bonds. The Morgan fingerprint density at radius 2 is 1.93 bits per heavy atom. The Morgan fingerprint density at radius 1 is 1.33 bits per heavy atom. The van der Waals surface area contributed by atoms with Crippen molar-refractivity contribution in [2.45, 2.75) is 39.5 Å². The molecule has 2 heteroatoms. The molecular formula is C13H18N2. The Hall–Kier alpha value is -1.49. The molecule has 0 spiro atoms. The second kappa shape index (κ2) is 3.94. The Balaban J connectivity index is 3.36. The van der Waals surface area contributed by atoms with Crippen molar-refractivity contribution in [2.75, 3.05) is 5.73 Å². The molecule has 2 N–H and O–H groups in total. The second-order valence-corrected chi connectivity index (χ2v) is 4.95. The molecule has 80 valence electrons. The van der Waals surface area contributed by atoms with Gasteiger partial charge in [0.05, 0.1) is 12.5 Å². The van der Waals surface area contributed by atoms with E-state index in [0.717, 1.165) is 16.8 Å². The summed E-state index contributed by atoms with van der Waals surface area (Å²) in [6.07, 6.45) is 0.452. The predicted molar refractivity (Wildman–Crippen MR) is 63.6 cm³/mol. The standard InChI is InChI=1S/C13H18N2/c1-9-7-10(5-6-14)11(8-12(9)15)13(2,3)4/h7-8H,5,15H2,1-4H3. The van der Waals surface area contributed by atoms with Crippen LogP contribution in [-0.4, -0.2) is 0 Å². The van der Waals surface area contributed by atoms with Gasteiger partial charge in [-0.1, -0.05) is 26.8 Å². The van der Waals surface area contributed by atoms with E-state index in [1.807, 2.05) is 19.1 Å². The maximum atomic E-state index is 8.79. The van der Waals surface area contributed by atoms with Gasteiger partial charge in [-0.15, -0.1) is 0 Å². The number of nitriles is 1. The van der Waals surface area contributed by atoms with Crippen LogP contribution in [0, 0.1) is 18.3 Å². The molecule has 0 saturated carbocycles. The lowest BCUT2D eigenvalue weighted by Crippen LogP contribution is -2.15. The number of aryl methyl sites for hydroxylation is 1. The van der Waals surface area contributed by atoms with Gasteiger partial charge in [0.15, 0.2) is 0 Å². The van der Waals surface area contributed by atoms with E-state index in [0.29, 0.717) is 6.42 Å². The molecule has 1 rings (SSSR count). The molecule has 2 nitrogen and oxygen atoms in total. The van der Waals surface area contributed by atoms with Gasteiger partial charge in [0.25, 0.3) is 0 Å². The molecule has 1 aromatic carbocycles. The molecular weight excluding hydrogens is 184 g/mol. The summed E-state index contributed by atoms with van der Waals surface area (Å²) in [5.74, 6) is 0. The minimum atomic E-state index is 0.0357. The van der Waals surface area contributed by atoms with E-state index in [-0.39, 0.29) is 5.41 Å². The summed E-state index contributed by atoms with van der Waals surface area (Å²) in [5, 5.41) is 8.79. The van der Waals surface area contributed by atoms with E-state index in [1.54, 1.807) is 0 Å². The van der Waals surface area contributed by atoms with E-state index in [2.05, 4.69) is 26.8 Å². The zero-order chi connectivity index (χ0) is 11.6. The summed E-state index contributed by atoms with van der Waals surface area (Å²) >= 11 is 0. The average Bonchev–Trinajstić information content (AvgIpc) is 2.09. The first-order valence-electron chi connectivity index (χ1n) is 5.12. The number of benzene rings is 1. The van der Waals surface area contributed by atoms with Crippen molar-refractivity contribution in [3.05, 3.63) is 28.8 Å². The van der Waals surface area contributed by atoms with Gasteiger partial charge in [-0.05, 0) is 35.1 Å². The van der Waals surface area contributed by atoms with Gasteiger partial charge in [0, 0.05) is 5.69 Å². The van der Waals surface area contributed by atoms with Gasteiger partial charge in [0.1, 0.15) is 0 Å². The number of nitrogen functional groups attached to an aromatic ring is 1. The van der Waals surface area contributed by atoms with Gasteiger partial charge >= 0.3 is 0 Å². The van der Waals surface area contributed by atoms with Gasteiger partial charge < -0.3 is 5.73 Å². The summed E-state index contributed by atoms with van der Waals surface area (Å²) in [6.45, 7) is 8.39. The quantitative estimate of drug-likeness (QED) is 0.712. The van der Waals surface area contributed by atoms with Gasteiger partial charge in [-0.25, -0.2) is 0 Å². The highest BCUT2D eigenvalue weighted by Crippen LogP contribution is 2.29. The summed E-state index contributed by atoms with van der Waals surface area (Å²) in [6, 6.07) is 6.23. The number of nitrogens with zero attached hydrogens (tertiary/aromatic N) is 1. The number of hydrogen-bond donors (Lipinski definition) is 1. The van der Waals surface area contributed by atoms with Crippen molar-refractivity contribution in [1.29, 1.82) is 5.26 Å². The van der Waals surface area contributed by atoms with E-state index in [1.165, 1.54) is 5.56 Å². The summed E-state index contributed by atoms with van der Waals surface area (Å²) < 4.78 is 0. The number of anilines is 1. The highest BCUT2D eigenvalue weighted by molar-refractivity contribution is 5.53. The van der Waals surface area contributed by atoms with Crippen molar-refractivity contribution < 1.29 is 0 Å². The lowest BCUT2D eigenvalue weighted by molar-refractivity contribution is 0.585. The molecule has 0 aliphatic heterocycles. The fourth-order valence-electron chi connectivity index (χ4n) is 1.71. The maximum Gasteiger partial charge on any atom is 0.0669 e. The Morgan fingerprint density at radius 3 is 2.40 bits per heavy atom. The van der Waals surface area contributed by atoms with Crippen LogP contribution in [0.5, 0.6) is 0 Å². The SMILES string of the molecule is Cc1cc(CC#N)c(C(C)(C)C)cc1N. The maximum absolute atomic E-state index is 8.79. The molecule has 15 heavy (non-hydrogen) atoms. The number of hydrogen-bond acceptors (Lipinski definition) is 2. The second-order valence-electron chi connectivity index (χ2n) is 4.95. The lowest BCUT2D eigenvalue weighted by atomic mass is 9.82. The van der Waals surface area contributed by atoms with Crippen LogP contribution in [0.2, 0.25) is 0 Å². The molecule has 0 atom stereocenters. The van der Waals surface area contributed by atoms with Crippen LogP contribution >= 0.6 is 0 Å². The van der Waals surface area contributed by atoms with Crippen molar-refractivity contribution in [3.8, 4) is 6.07 Å². The van der Waals surface area contributed by atoms with Crippen molar-refractivity contribution in [3.63, 3.8) is 0 Å². The van der Waals surface area contributed by atoms with Crippen LogP contribution in [0.4, 0.5) is 5.69 Å². The Kier molecular flexibility index (Phi) is 3.04. The zero-order valence-electron chi connectivity index (χ0n) is 9.89.